The van der Waals surface area contributed by atoms with Crippen LogP contribution < -0.4 is 0 Å². The van der Waals surface area contributed by atoms with Crippen molar-refractivity contribution in [2.24, 2.45) is 0 Å². The van der Waals surface area contributed by atoms with E-state index in [2.05, 4.69) is 65.6 Å². The summed E-state index contributed by atoms with van der Waals surface area (Å²) in [4.78, 5) is 22.5. The van der Waals surface area contributed by atoms with Crippen LogP contribution in [0.15, 0.2) is 63.5 Å². The summed E-state index contributed by atoms with van der Waals surface area (Å²) in [5.74, 6) is -0.997. The number of carbonyl (C=O) groups excluding carboxylic acids is 2. The summed E-state index contributed by atoms with van der Waals surface area (Å²) in [6.45, 7) is 0. The summed E-state index contributed by atoms with van der Waals surface area (Å²) >= 11 is 6.44. The molecule has 178 valence electrons. The van der Waals surface area contributed by atoms with Crippen molar-refractivity contribution in [1.29, 1.82) is 5.26 Å². The van der Waals surface area contributed by atoms with Gasteiger partial charge in [-0.1, -0.05) is 15.9 Å². The van der Waals surface area contributed by atoms with Crippen LogP contribution in [0.5, 0.6) is 0 Å². The normalized spacial score (nSPS) is 7.85. The number of halogens is 2. The fraction of sp³-hybridized carbons (Fsp3) is 0.0870. The zero-order chi connectivity index (χ0) is 22.4. The Morgan fingerprint density at radius 3 is 1.38 bits per heavy atom. The molecular weight excluding hydrogens is 1250 g/mol. The number of benzene rings is 3. The molecule has 34 heavy (non-hydrogen) atoms. The quantitative estimate of drug-likeness (QED) is 0.260. The van der Waals surface area contributed by atoms with E-state index in [0.29, 0.717) is 21.2 Å². The van der Waals surface area contributed by atoms with Crippen LogP contribution in [-0.2, 0) is 93.7 Å². The van der Waals surface area contributed by atoms with Gasteiger partial charge in [0, 0.05) is 88.7 Å². The summed E-state index contributed by atoms with van der Waals surface area (Å²) in [5.41, 5.74) is 1.20. The predicted molar refractivity (Wildman–Crippen MR) is 117 cm³/mol. The molecule has 0 aliphatic carbocycles. The van der Waals surface area contributed by atoms with E-state index in [1.807, 2.05) is 18.2 Å². The monoisotopic (exact) mass is 1260 g/mol. The topological polar surface area (TPSA) is 76.4 Å². The van der Waals surface area contributed by atoms with Gasteiger partial charge in [0.25, 0.3) is 0 Å². The van der Waals surface area contributed by atoms with Crippen molar-refractivity contribution in [2.75, 3.05) is 14.2 Å². The van der Waals surface area contributed by atoms with Gasteiger partial charge in [-0.05, 0) is 24.3 Å². The van der Waals surface area contributed by atoms with Crippen LogP contribution in [0.3, 0.4) is 0 Å². The van der Waals surface area contributed by atoms with Crippen LogP contribution in [0.2, 0.25) is 0 Å². The van der Waals surface area contributed by atoms with Gasteiger partial charge in [-0.2, -0.15) is 5.56 Å². The van der Waals surface area contributed by atoms with E-state index in [4.69, 9.17) is 5.26 Å². The molecular formula is C23H15Br2NO4W4-4. The minimum atomic E-state index is -0.499. The summed E-state index contributed by atoms with van der Waals surface area (Å²) in [7, 11) is 2.56. The van der Waals surface area contributed by atoms with Gasteiger partial charge in [0.05, 0.1) is 25.3 Å². The molecule has 0 radical (unpaired) electrons. The Morgan fingerprint density at radius 2 is 1.12 bits per heavy atom. The molecule has 0 unspecified atom stereocenters. The molecule has 0 aliphatic rings. The zero-order valence-electron chi connectivity index (χ0n) is 17.7. The van der Waals surface area contributed by atoms with Gasteiger partial charge in [-0.25, -0.2) is 35.3 Å². The third-order valence-electron chi connectivity index (χ3n) is 3.12. The standard InChI is InChI=1S/C10H9BrO4.C7H3N.C6H3Br.4W/c1-14-9(12)6-3-7(10(13)15-2)5-8(11)4-6;8-6-7-4-2-1-3-5-7;7-6-4-2-1-3-5-6;;;;/h3-5H,1-2H3;1,4-5H;1,4-5H;;;;/q;2*-2;;;;. The number of rotatable bonds is 2. The first kappa shape index (κ1) is 41.0. The smallest absolute Gasteiger partial charge is 0.337 e. The summed E-state index contributed by atoms with van der Waals surface area (Å²) in [6.07, 6.45) is 0. The molecule has 0 atom stereocenters. The second kappa shape index (κ2) is 24.5. The third kappa shape index (κ3) is 17.3. The van der Waals surface area contributed by atoms with Crippen molar-refractivity contribution in [3.8, 4) is 6.07 Å². The summed E-state index contributed by atoms with van der Waals surface area (Å²) < 4.78 is 10.7. The van der Waals surface area contributed by atoms with Crippen molar-refractivity contribution in [2.45, 2.75) is 0 Å². The van der Waals surface area contributed by atoms with Crippen molar-refractivity contribution in [3.05, 3.63) is 104 Å². The predicted octanol–water partition coefficient (Wildman–Crippen LogP) is 5.22. The van der Waals surface area contributed by atoms with Gasteiger partial charge in [-0.15, -0.1) is 0 Å². The Kier molecular flexibility index (Phi) is 29.5. The van der Waals surface area contributed by atoms with Crippen LogP contribution in [-0.4, -0.2) is 26.2 Å². The maximum absolute atomic E-state index is 11.2. The fourth-order valence-electron chi connectivity index (χ4n) is 1.81. The molecule has 0 spiro atoms. The van der Waals surface area contributed by atoms with Gasteiger partial charge in [-0.3, -0.25) is 24.3 Å². The minimum Gasteiger partial charge on any atom is -0.465 e. The Hall–Kier alpha value is -0.197. The van der Waals surface area contributed by atoms with E-state index >= 15 is 0 Å². The first-order chi connectivity index (χ1) is 14.4. The molecule has 0 saturated carbocycles. The fourth-order valence-corrected chi connectivity index (χ4v) is 2.57. The molecule has 3 rings (SSSR count). The van der Waals surface area contributed by atoms with Crippen LogP contribution >= 0.6 is 31.9 Å². The van der Waals surface area contributed by atoms with Gasteiger partial charge in [0.1, 0.15) is 0 Å². The first-order valence-electron chi connectivity index (χ1n) is 8.18. The minimum absolute atomic E-state index is 0. The maximum atomic E-state index is 11.2. The van der Waals surface area contributed by atoms with E-state index in [1.165, 1.54) is 20.3 Å². The zero-order valence-corrected chi connectivity index (χ0v) is 32.6. The maximum Gasteiger partial charge on any atom is 0.337 e. The van der Waals surface area contributed by atoms with Crippen LogP contribution in [0.1, 0.15) is 26.3 Å². The molecule has 0 N–H and O–H groups in total. The third-order valence-corrected chi connectivity index (χ3v) is 4.04. The molecule has 0 aliphatic heterocycles. The Labute approximate surface area is 274 Å². The second-order valence-corrected chi connectivity index (χ2v) is 7.03. The van der Waals surface area contributed by atoms with E-state index in [1.54, 1.807) is 36.4 Å². The SMILES string of the molecule is Brc1c[c-]c[c-]c1.COC(=O)c1cc(Br)cc(C(=O)OC)c1.N#Cc1c[c-]c[c-]c1.[W].[W].[W].[W]. The molecule has 0 saturated heterocycles. The number of hydrogen-bond donors (Lipinski definition) is 0. The molecule has 11 heteroatoms. The molecule has 3 aromatic rings. The number of carbonyl (C=O) groups is 2. The van der Waals surface area contributed by atoms with Gasteiger partial charge in [0.2, 0.25) is 0 Å². The number of methoxy groups -OCH3 is 2. The van der Waals surface area contributed by atoms with Gasteiger partial charge < -0.3 is 45.9 Å². The summed E-state index contributed by atoms with van der Waals surface area (Å²) in [6, 6.07) is 28.0. The molecule has 5 nitrogen and oxygen atoms in total. The number of hydrogen-bond acceptors (Lipinski definition) is 5. The van der Waals surface area contributed by atoms with Gasteiger partial charge in [0.15, 0.2) is 0 Å². The van der Waals surface area contributed by atoms with Crippen molar-refractivity contribution in [1.82, 2.24) is 0 Å². The average molecular weight is 1260 g/mol. The molecule has 0 aromatic heterocycles. The Bertz CT molecular complexity index is 971. The molecule has 0 bridgehead atoms. The van der Waals surface area contributed by atoms with Crippen molar-refractivity contribution < 1.29 is 103 Å². The number of ether oxygens (including phenoxy) is 2. The van der Waals surface area contributed by atoms with E-state index < -0.39 is 11.9 Å². The Morgan fingerprint density at radius 1 is 0.735 bits per heavy atom. The van der Waals surface area contributed by atoms with Crippen LogP contribution in [0, 0.1) is 35.6 Å². The van der Waals surface area contributed by atoms with E-state index in [-0.39, 0.29) is 84.3 Å². The van der Waals surface area contributed by atoms with Crippen LogP contribution in [0.25, 0.3) is 0 Å². The first-order valence-corrected chi connectivity index (χ1v) is 9.77. The molecule has 3 aromatic carbocycles. The average Bonchev–Trinajstić information content (AvgIpc) is 2.79. The van der Waals surface area contributed by atoms with Crippen molar-refractivity contribution >= 4 is 43.8 Å². The molecule has 0 fully saturated rings. The van der Waals surface area contributed by atoms with Crippen molar-refractivity contribution in [3.63, 3.8) is 0 Å². The van der Waals surface area contributed by atoms with Crippen LogP contribution in [0.4, 0.5) is 0 Å². The van der Waals surface area contributed by atoms with E-state index in [9.17, 15) is 9.59 Å². The largest absolute Gasteiger partial charge is 0.465 e. The molecule has 0 amide bonds. The second-order valence-electron chi connectivity index (χ2n) is 5.20. The number of nitriles is 1. The van der Waals surface area contributed by atoms with Gasteiger partial charge >= 0.3 is 11.9 Å². The molecule has 0 heterocycles. The van der Waals surface area contributed by atoms with E-state index in [0.717, 1.165) is 4.47 Å². The Balaban J connectivity index is -0.000000203. The number of esters is 2. The summed E-state index contributed by atoms with van der Waals surface area (Å²) in [5, 5.41) is 8.25. The number of nitrogens with zero attached hydrogens (tertiary/aromatic N) is 1.